The molecular formula is C22H27N3O6S. The molecule has 1 saturated heterocycles. The number of carbonyl (C=O) groups excluding carboxylic acids is 2. The van der Waals surface area contributed by atoms with E-state index < -0.39 is 28.1 Å². The highest BCUT2D eigenvalue weighted by atomic mass is 32.2. The predicted molar refractivity (Wildman–Crippen MR) is 117 cm³/mol. The maximum absolute atomic E-state index is 13.2. The van der Waals surface area contributed by atoms with Crippen molar-refractivity contribution in [2.75, 3.05) is 26.8 Å². The minimum Gasteiger partial charge on any atom is -0.496 e. The number of benzene rings is 2. The van der Waals surface area contributed by atoms with Crippen molar-refractivity contribution >= 4 is 21.8 Å². The van der Waals surface area contributed by atoms with Gasteiger partial charge in [0.25, 0.3) is 0 Å². The number of ether oxygens (including phenoxy) is 2. The van der Waals surface area contributed by atoms with Crippen LogP contribution >= 0.6 is 0 Å². The molecule has 0 aliphatic carbocycles. The van der Waals surface area contributed by atoms with Crippen LogP contribution in [0.25, 0.3) is 0 Å². The number of nitrogens with zero attached hydrogens (tertiary/aromatic N) is 1. The average molecular weight is 462 g/mol. The largest absolute Gasteiger partial charge is 0.496 e. The summed E-state index contributed by atoms with van der Waals surface area (Å²) in [4.78, 5) is 24.4. The summed E-state index contributed by atoms with van der Waals surface area (Å²) in [7, 11) is -2.35. The van der Waals surface area contributed by atoms with E-state index in [0.717, 1.165) is 5.56 Å². The topological polar surface area (TPSA) is 114 Å². The normalized spacial score (nSPS) is 16.9. The van der Waals surface area contributed by atoms with Gasteiger partial charge >= 0.3 is 11.8 Å². The molecule has 9 nitrogen and oxygen atoms in total. The monoisotopic (exact) mass is 461 g/mol. The van der Waals surface area contributed by atoms with Crippen molar-refractivity contribution < 1.29 is 27.5 Å². The molecule has 2 N–H and O–H groups in total. The Kier molecular flexibility index (Phi) is 7.84. The van der Waals surface area contributed by atoms with Gasteiger partial charge in [0.2, 0.25) is 10.0 Å². The Morgan fingerprint density at radius 3 is 2.53 bits per heavy atom. The zero-order valence-electron chi connectivity index (χ0n) is 18.0. The van der Waals surface area contributed by atoms with Crippen LogP contribution < -0.4 is 15.4 Å². The molecule has 2 amide bonds. The van der Waals surface area contributed by atoms with Gasteiger partial charge in [0.1, 0.15) is 12.0 Å². The lowest BCUT2D eigenvalue weighted by Crippen LogP contribution is -2.53. The highest BCUT2D eigenvalue weighted by Gasteiger charge is 2.35. The number of methoxy groups -OCH3 is 1. The van der Waals surface area contributed by atoms with Crippen molar-refractivity contribution in [3.05, 3.63) is 59.7 Å². The summed E-state index contributed by atoms with van der Waals surface area (Å²) in [6.45, 7) is 2.43. The molecule has 0 radical (unpaired) electrons. The molecular weight excluding hydrogens is 434 g/mol. The first-order valence-corrected chi connectivity index (χ1v) is 11.6. The van der Waals surface area contributed by atoms with E-state index in [1.165, 1.54) is 23.5 Å². The third-order valence-electron chi connectivity index (χ3n) is 5.07. The first-order chi connectivity index (χ1) is 15.3. The molecule has 0 spiro atoms. The molecule has 1 fully saturated rings. The molecule has 1 aliphatic heterocycles. The van der Waals surface area contributed by atoms with Gasteiger partial charge in [0, 0.05) is 13.1 Å². The van der Waals surface area contributed by atoms with E-state index in [-0.39, 0.29) is 24.5 Å². The average Bonchev–Trinajstić information content (AvgIpc) is 2.81. The molecule has 1 atom stereocenters. The Bertz CT molecular complexity index is 1060. The molecule has 0 saturated carbocycles. The number of carbonyl (C=O) groups is 2. The first kappa shape index (κ1) is 23.7. The molecule has 3 rings (SSSR count). The van der Waals surface area contributed by atoms with E-state index in [0.29, 0.717) is 24.3 Å². The molecule has 1 heterocycles. The maximum atomic E-state index is 13.2. The zero-order valence-corrected chi connectivity index (χ0v) is 18.9. The van der Waals surface area contributed by atoms with Crippen LogP contribution in [0.2, 0.25) is 0 Å². The summed E-state index contributed by atoms with van der Waals surface area (Å²) in [6.07, 6.45) is -0.391. The summed E-state index contributed by atoms with van der Waals surface area (Å²) in [6, 6.07) is 13.8. The molecule has 2 aromatic rings. The van der Waals surface area contributed by atoms with E-state index in [1.54, 1.807) is 13.0 Å². The molecule has 2 aromatic carbocycles. The van der Waals surface area contributed by atoms with Gasteiger partial charge in [-0.25, -0.2) is 8.42 Å². The molecule has 1 aliphatic rings. The summed E-state index contributed by atoms with van der Waals surface area (Å²) >= 11 is 0. The van der Waals surface area contributed by atoms with E-state index >= 15 is 0 Å². The zero-order chi connectivity index (χ0) is 23.1. The van der Waals surface area contributed by atoms with E-state index in [2.05, 4.69) is 10.6 Å². The quantitative estimate of drug-likeness (QED) is 0.599. The fourth-order valence-corrected chi connectivity index (χ4v) is 5.02. The van der Waals surface area contributed by atoms with Crippen molar-refractivity contribution in [3.63, 3.8) is 0 Å². The van der Waals surface area contributed by atoms with Crippen LogP contribution in [0.3, 0.4) is 0 Å². The highest BCUT2D eigenvalue weighted by molar-refractivity contribution is 7.89. The number of hydrogen-bond donors (Lipinski definition) is 2. The number of nitrogens with one attached hydrogen (secondary N) is 2. The van der Waals surface area contributed by atoms with Gasteiger partial charge in [-0.2, -0.15) is 4.31 Å². The van der Waals surface area contributed by atoms with Crippen LogP contribution in [-0.2, 0) is 30.9 Å². The van der Waals surface area contributed by atoms with Crippen LogP contribution in [0, 0.1) is 6.92 Å². The SMILES string of the molecule is COc1ccc(S(=O)(=O)N2CCCO[C@H]2CNC(=O)C(=O)NCc2ccccc2)cc1C. The molecule has 0 unspecified atom stereocenters. The van der Waals surface area contributed by atoms with Crippen molar-refractivity contribution in [1.82, 2.24) is 14.9 Å². The second kappa shape index (κ2) is 10.6. The lowest BCUT2D eigenvalue weighted by molar-refractivity contribution is -0.140. The van der Waals surface area contributed by atoms with Crippen molar-refractivity contribution in [2.24, 2.45) is 0 Å². The molecule has 172 valence electrons. The standard InChI is InChI=1S/C22H27N3O6S/c1-16-13-18(9-10-19(16)30-2)32(28,29)25-11-6-12-31-20(25)15-24-22(27)21(26)23-14-17-7-4-3-5-8-17/h3-5,7-10,13,20H,6,11-12,14-15H2,1-2H3,(H,23,26)(H,24,27)/t20-/m0/s1. The number of aryl methyl sites for hydroxylation is 1. The third kappa shape index (κ3) is 5.64. The van der Waals surface area contributed by atoms with E-state index in [1.807, 2.05) is 30.3 Å². The minimum absolute atomic E-state index is 0.109. The molecule has 10 heteroatoms. The van der Waals surface area contributed by atoms with Gasteiger partial charge in [-0.1, -0.05) is 30.3 Å². The van der Waals surface area contributed by atoms with Crippen molar-refractivity contribution in [2.45, 2.75) is 31.0 Å². The maximum Gasteiger partial charge on any atom is 0.309 e. The van der Waals surface area contributed by atoms with Crippen LogP contribution in [0.5, 0.6) is 5.75 Å². The Morgan fingerprint density at radius 2 is 1.84 bits per heavy atom. The van der Waals surface area contributed by atoms with E-state index in [9.17, 15) is 18.0 Å². The van der Waals surface area contributed by atoms with Crippen LogP contribution in [0.1, 0.15) is 17.5 Å². The van der Waals surface area contributed by atoms with Gasteiger partial charge < -0.3 is 20.1 Å². The predicted octanol–water partition coefficient (Wildman–Crippen LogP) is 1.17. The first-order valence-electron chi connectivity index (χ1n) is 10.2. The summed E-state index contributed by atoms with van der Waals surface area (Å²) in [5, 5.41) is 5.00. The lowest BCUT2D eigenvalue weighted by Gasteiger charge is -2.34. The van der Waals surface area contributed by atoms with Crippen LogP contribution in [0.15, 0.2) is 53.4 Å². The second-order valence-corrected chi connectivity index (χ2v) is 9.20. The van der Waals surface area contributed by atoms with Gasteiger partial charge in [0.05, 0.1) is 25.2 Å². The minimum atomic E-state index is -3.87. The van der Waals surface area contributed by atoms with Gasteiger partial charge in [-0.15, -0.1) is 0 Å². The second-order valence-electron chi connectivity index (χ2n) is 7.30. The Labute approximate surface area is 187 Å². The fourth-order valence-electron chi connectivity index (χ4n) is 3.37. The molecule has 0 bridgehead atoms. The summed E-state index contributed by atoms with van der Waals surface area (Å²) < 4.78 is 38.4. The summed E-state index contributed by atoms with van der Waals surface area (Å²) in [5.41, 5.74) is 1.54. The molecule has 0 aromatic heterocycles. The Morgan fingerprint density at radius 1 is 1.12 bits per heavy atom. The van der Waals surface area contributed by atoms with Crippen molar-refractivity contribution in [1.29, 1.82) is 0 Å². The van der Waals surface area contributed by atoms with Gasteiger partial charge in [-0.3, -0.25) is 9.59 Å². The van der Waals surface area contributed by atoms with Crippen LogP contribution in [-0.4, -0.2) is 57.6 Å². The Hall–Kier alpha value is -2.95. The number of rotatable bonds is 7. The number of amides is 2. The number of sulfonamides is 1. The lowest BCUT2D eigenvalue weighted by atomic mass is 10.2. The third-order valence-corrected chi connectivity index (χ3v) is 6.95. The van der Waals surface area contributed by atoms with E-state index in [4.69, 9.17) is 9.47 Å². The molecule has 32 heavy (non-hydrogen) atoms. The van der Waals surface area contributed by atoms with Crippen molar-refractivity contribution in [3.8, 4) is 5.75 Å². The number of hydrogen-bond acceptors (Lipinski definition) is 6. The highest BCUT2D eigenvalue weighted by Crippen LogP contribution is 2.26. The summed E-state index contributed by atoms with van der Waals surface area (Å²) in [5.74, 6) is -1.07. The van der Waals surface area contributed by atoms with Crippen LogP contribution in [0.4, 0.5) is 0 Å². The smallest absolute Gasteiger partial charge is 0.309 e. The fraction of sp³-hybridized carbons (Fsp3) is 0.364. The Balaban J connectivity index is 1.63. The van der Waals surface area contributed by atoms with Gasteiger partial charge in [-0.05, 0) is 42.7 Å². The van der Waals surface area contributed by atoms with Gasteiger partial charge in [0.15, 0.2) is 0 Å².